The van der Waals surface area contributed by atoms with Gasteiger partial charge in [-0.2, -0.15) is 104 Å². The predicted octanol–water partition coefficient (Wildman–Crippen LogP) is 3.94. The number of unbranched alkanes of at least 4 members (excludes halogenated alkanes) is 6. The summed E-state index contributed by atoms with van der Waals surface area (Å²) in [7, 11) is 0. The summed E-state index contributed by atoms with van der Waals surface area (Å²) in [6.07, 6.45) is 22.5. The Kier molecular flexibility index (Phi) is 63.8. The van der Waals surface area contributed by atoms with E-state index in [0.717, 1.165) is 75.7 Å². The zero-order valence-corrected chi connectivity index (χ0v) is 77.8. The number of thioether (sulfide) groups is 2. The summed E-state index contributed by atoms with van der Waals surface area (Å²) in [5.41, 5.74) is 1.02. The SMILES string of the molecule is C.O=C(CCCC[C@@H]1SC[C@@H]2NC(=O)N[C@@H]21)NCCCC(=O)NCCCC(=O)NCCCC(=O)NCCCCCC(=O)N[C@@H](C(=O)N1CCCC1)[C@@H](O)c1ccncc1.O=C(CCCC[C@@H]1SC[C@@H]2NC(=O)N[C@@H]21)NCCCC(=O)NCCCC(=O)NCCCC(=O)NCCCCCC(=O)N[C@H](C(=O)N1CCCC1)[C@H](O)c1ccncc1.S.S.S.S.S.S. The van der Waals surface area contributed by atoms with E-state index in [2.05, 4.69) is 84.4 Å². The van der Waals surface area contributed by atoms with Crippen LogP contribution in [0.25, 0.3) is 0 Å². The summed E-state index contributed by atoms with van der Waals surface area (Å²) >= 11 is 3.74. The van der Waals surface area contributed by atoms with Gasteiger partial charge in [0.1, 0.15) is 24.3 Å². The Bertz CT molecular complexity index is 3250. The molecule has 0 saturated carbocycles. The molecule has 123 heavy (non-hydrogen) atoms. The second kappa shape index (κ2) is 67.5. The normalized spacial score (nSPS) is 18.2. The topological polar surface area (TPSA) is 480 Å². The fourth-order valence-corrected chi connectivity index (χ4v) is 17.7. The van der Waals surface area contributed by atoms with Crippen molar-refractivity contribution in [2.75, 3.05) is 90.0 Å². The quantitative estimate of drug-likeness (QED) is 0.0329. The number of aromatic nitrogens is 2. The lowest BCUT2D eigenvalue weighted by atomic mass is 10.0. The number of nitrogens with one attached hydrogen (secondary N) is 14. The summed E-state index contributed by atoms with van der Waals surface area (Å²) in [6.45, 7) is 5.71. The number of nitrogens with zero attached hydrogens (tertiary/aromatic N) is 4. The lowest BCUT2D eigenvalue weighted by Crippen LogP contribution is -2.51. The molecule has 0 unspecified atom stereocenters. The van der Waals surface area contributed by atoms with Crippen LogP contribution in [0.3, 0.4) is 0 Å². The van der Waals surface area contributed by atoms with Crippen molar-refractivity contribution in [2.45, 2.75) is 272 Å². The van der Waals surface area contributed by atoms with Crippen molar-refractivity contribution in [1.82, 2.24) is 94.2 Å². The summed E-state index contributed by atoms with van der Waals surface area (Å²) in [6, 6.07) is 4.96. The zero-order valence-electron chi connectivity index (χ0n) is 70.1. The largest absolute Gasteiger partial charge is 0.386 e. The summed E-state index contributed by atoms with van der Waals surface area (Å²) in [5, 5.41) is 62.6. The fraction of sp³-hybridized carbons (Fsp3) is 0.704. The molecule has 6 saturated heterocycles. The van der Waals surface area contributed by atoms with Crippen LogP contribution >= 0.6 is 104 Å². The summed E-state index contributed by atoms with van der Waals surface area (Å²) < 4.78 is 0. The number of rotatable bonds is 54. The van der Waals surface area contributed by atoms with Crippen molar-refractivity contribution in [2.24, 2.45) is 0 Å². The molecule has 6 aliphatic rings. The maximum Gasteiger partial charge on any atom is 0.315 e. The number of aliphatic hydroxyl groups excluding tert-OH is 2. The first-order valence-corrected chi connectivity index (χ1v) is 44.1. The lowest BCUT2D eigenvalue weighted by molar-refractivity contribution is -0.139. The van der Waals surface area contributed by atoms with Crippen LogP contribution < -0.4 is 74.4 Å². The zero-order chi connectivity index (χ0) is 83.1. The highest BCUT2D eigenvalue weighted by Crippen LogP contribution is 2.35. The Balaban J connectivity index is 0.00000229. The van der Waals surface area contributed by atoms with E-state index < -0.39 is 24.3 Å². The van der Waals surface area contributed by atoms with Crippen molar-refractivity contribution in [1.29, 1.82) is 0 Å². The maximum absolute atomic E-state index is 13.1. The first-order chi connectivity index (χ1) is 56.2. The molecule has 8 rings (SSSR count). The van der Waals surface area contributed by atoms with E-state index >= 15 is 0 Å². The number of fused-ring (bicyclic) bond motifs is 2. The molecule has 34 nitrogen and oxygen atoms in total. The summed E-state index contributed by atoms with van der Waals surface area (Å²) in [5.74, 6) is -0.172. The molecule has 16 amide bonds. The molecule has 6 fully saturated rings. The maximum atomic E-state index is 13.1. The van der Waals surface area contributed by atoms with Crippen LogP contribution in [0.5, 0.6) is 0 Å². The molecule has 0 aromatic carbocycles. The van der Waals surface area contributed by atoms with Crippen LogP contribution in [0.15, 0.2) is 49.1 Å². The first-order valence-electron chi connectivity index (χ1n) is 42.0. The van der Waals surface area contributed by atoms with Crippen molar-refractivity contribution in [3.05, 3.63) is 60.2 Å². The van der Waals surface area contributed by atoms with Crippen molar-refractivity contribution in [3.63, 3.8) is 0 Å². The molecule has 2 aromatic rings. The minimum absolute atomic E-state index is 0. The van der Waals surface area contributed by atoms with E-state index in [0.29, 0.717) is 190 Å². The molecule has 16 N–H and O–H groups in total. The molecule has 0 radical (unpaired) electrons. The number of hydrogen-bond acceptors (Lipinski definition) is 20. The van der Waals surface area contributed by atoms with Crippen LogP contribution in [-0.4, -0.2) is 250 Å². The second-order valence-electron chi connectivity index (χ2n) is 30.4. The van der Waals surface area contributed by atoms with Gasteiger partial charge in [0, 0.05) is 190 Å². The molecule has 2 aromatic heterocycles. The molecule has 0 bridgehead atoms. The molecule has 0 aliphatic carbocycles. The van der Waals surface area contributed by atoms with Gasteiger partial charge in [0.05, 0.1) is 24.2 Å². The number of urea groups is 2. The Labute approximate surface area is 775 Å². The Hall–Kier alpha value is -6.80. The molecule has 700 valence electrons. The number of carbonyl (C=O) groups is 14. The van der Waals surface area contributed by atoms with Gasteiger partial charge < -0.3 is 94.4 Å². The predicted molar refractivity (Wildman–Crippen MR) is 507 cm³/mol. The van der Waals surface area contributed by atoms with Gasteiger partial charge in [-0.05, 0) is 151 Å². The lowest BCUT2D eigenvalue weighted by Gasteiger charge is -2.28. The smallest absolute Gasteiger partial charge is 0.315 e. The van der Waals surface area contributed by atoms with Gasteiger partial charge in [-0.3, -0.25) is 67.5 Å². The second-order valence-corrected chi connectivity index (χ2v) is 32.9. The Morgan fingerprint density at radius 3 is 0.870 bits per heavy atom. The minimum atomic E-state index is -1.19. The van der Waals surface area contributed by atoms with Crippen LogP contribution in [-0.2, 0) is 57.5 Å². The van der Waals surface area contributed by atoms with E-state index in [1.54, 1.807) is 34.1 Å². The van der Waals surface area contributed by atoms with Crippen LogP contribution in [0.2, 0.25) is 0 Å². The molecule has 8 heterocycles. The highest BCUT2D eigenvalue weighted by molar-refractivity contribution is 8.00. The van der Waals surface area contributed by atoms with E-state index in [1.165, 1.54) is 24.8 Å². The number of hydrogen-bond donors (Lipinski definition) is 16. The Morgan fingerprint density at radius 1 is 0.350 bits per heavy atom. The van der Waals surface area contributed by atoms with E-state index in [9.17, 15) is 77.3 Å². The molecule has 0 spiro atoms. The molecule has 42 heteroatoms. The highest BCUT2D eigenvalue weighted by Gasteiger charge is 2.44. The van der Waals surface area contributed by atoms with Gasteiger partial charge in [0.2, 0.25) is 70.9 Å². The average molecular weight is 1880 g/mol. The van der Waals surface area contributed by atoms with Gasteiger partial charge in [0.25, 0.3) is 0 Å². The average Bonchev–Trinajstić information content (AvgIpc) is 1.72. The van der Waals surface area contributed by atoms with E-state index in [1.807, 2.05) is 23.5 Å². The number of amides is 16. The monoisotopic (exact) mass is 1880 g/mol. The Morgan fingerprint density at radius 2 is 0.593 bits per heavy atom. The van der Waals surface area contributed by atoms with Crippen LogP contribution in [0.1, 0.15) is 236 Å². The van der Waals surface area contributed by atoms with Gasteiger partial charge in [-0.1, -0.05) is 33.1 Å². The first kappa shape index (κ1) is 116. The summed E-state index contributed by atoms with van der Waals surface area (Å²) in [4.78, 5) is 183. The molecule has 6 aliphatic heterocycles. The third-order valence-corrected chi connectivity index (χ3v) is 24.1. The van der Waals surface area contributed by atoms with Gasteiger partial charge in [-0.15, -0.1) is 0 Å². The number of aliphatic hydroxyl groups is 2. The van der Waals surface area contributed by atoms with Crippen LogP contribution in [0, 0.1) is 0 Å². The van der Waals surface area contributed by atoms with Crippen LogP contribution in [0.4, 0.5) is 9.59 Å². The molecular formula is C81H142N18O16S8. The van der Waals surface area contributed by atoms with Gasteiger partial charge >= 0.3 is 12.1 Å². The van der Waals surface area contributed by atoms with Gasteiger partial charge in [0.15, 0.2) is 0 Å². The van der Waals surface area contributed by atoms with E-state index in [-0.39, 0.29) is 247 Å². The molecular weight excluding hydrogens is 1740 g/mol. The standard InChI is InChI=1S/2C40H63N9O8S.CH4.6H2S/c2*50-31(12-4-3-11-30-36-29(27-58-30)46-40(57)48-36)43-20-9-15-33(52)45-22-10-16-34(53)44-21-8-14-32(51)42-19-5-1-2-13-35(54)47-37(39(56)49-25-6-7-26-49)38(55)28-17-23-41-24-18-28;;;;;;;/h2*17-18,23-24,29-30,36-38,55H,1-16,19-22,25-27H2,(H,42,51)(H,43,50)(H,44,53)(H,45,52)(H,47,54)(H2,46,48,57);1H4;6*1H2/t29-,30-,36-,37+,38-;29-,30-,36-,37-,38+;;;;;;;/m00......./s1. The third kappa shape index (κ3) is 46.0. The minimum Gasteiger partial charge on any atom is -0.386 e. The number of carbonyl (C=O) groups excluding carboxylic acids is 14. The fourth-order valence-electron chi connectivity index (χ4n) is 14.6. The van der Waals surface area contributed by atoms with E-state index in [4.69, 9.17) is 0 Å². The highest BCUT2D eigenvalue weighted by atomic mass is 32.2. The van der Waals surface area contributed by atoms with Crippen molar-refractivity contribution >= 4 is 187 Å². The van der Waals surface area contributed by atoms with Gasteiger partial charge in [-0.25, -0.2) is 9.59 Å². The third-order valence-electron chi connectivity index (χ3n) is 21.1. The molecule has 10 atom stereocenters. The van der Waals surface area contributed by atoms with Crippen molar-refractivity contribution < 1.29 is 77.3 Å². The van der Waals surface area contributed by atoms with Crippen molar-refractivity contribution in [3.8, 4) is 0 Å². The number of pyridine rings is 2. The number of likely N-dealkylation sites (tertiary alicyclic amines) is 2.